The molecule has 3 unspecified atom stereocenters. The number of hydrazine groups is 1. The van der Waals surface area contributed by atoms with Gasteiger partial charge in [0, 0.05) is 6.04 Å². The summed E-state index contributed by atoms with van der Waals surface area (Å²) < 4.78 is 0. The van der Waals surface area contributed by atoms with E-state index >= 15 is 0 Å². The Labute approximate surface area is 107 Å². The molecular formula is C15H30N2. The SMILES string of the molecule is CCC1CCC(C(NN)C2CCC(C)CC2)C1. The fraction of sp³-hybridized carbons (Fsp3) is 1.00. The van der Waals surface area contributed by atoms with Gasteiger partial charge in [-0.05, 0) is 49.4 Å². The third-order valence-corrected chi connectivity index (χ3v) is 5.43. The number of hydrogen-bond acceptors (Lipinski definition) is 2. The van der Waals surface area contributed by atoms with Crippen LogP contribution < -0.4 is 11.3 Å². The molecule has 0 amide bonds. The van der Waals surface area contributed by atoms with Crippen molar-refractivity contribution in [3.8, 4) is 0 Å². The summed E-state index contributed by atoms with van der Waals surface area (Å²) in [6.45, 7) is 4.73. The molecule has 0 spiro atoms. The van der Waals surface area contributed by atoms with Gasteiger partial charge >= 0.3 is 0 Å². The van der Waals surface area contributed by atoms with Crippen LogP contribution in [0, 0.1) is 23.7 Å². The summed E-state index contributed by atoms with van der Waals surface area (Å²) in [6.07, 6.45) is 11.2. The van der Waals surface area contributed by atoms with Gasteiger partial charge in [0.1, 0.15) is 0 Å². The molecule has 0 aliphatic heterocycles. The van der Waals surface area contributed by atoms with E-state index in [9.17, 15) is 0 Å². The Bertz CT molecular complexity index is 219. The first-order valence-electron chi connectivity index (χ1n) is 7.70. The molecule has 2 rings (SSSR count). The maximum atomic E-state index is 5.85. The van der Waals surface area contributed by atoms with Gasteiger partial charge in [-0.15, -0.1) is 0 Å². The summed E-state index contributed by atoms with van der Waals surface area (Å²) in [7, 11) is 0. The molecule has 0 radical (unpaired) electrons. The highest BCUT2D eigenvalue weighted by Crippen LogP contribution is 2.40. The number of nitrogens with one attached hydrogen (secondary N) is 1. The first-order chi connectivity index (χ1) is 8.24. The maximum absolute atomic E-state index is 5.85. The lowest BCUT2D eigenvalue weighted by Gasteiger charge is -2.35. The Morgan fingerprint density at radius 3 is 2.24 bits per heavy atom. The van der Waals surface area contributed by atoms with Gasteiger partial charge in [-0.25, -0.2) is 0 Å². The summed E-state index contributed by atoms with van der Waals surface area (Å²) in [5.41, 5.74) is 3.17. The van der Waals surface area contributed by atoms with Crippen molar-refractivity contribution in [2.75, 3.05) is 0 Å². The lowest BCUT2D eigenvalue weighted by molar-refractivity contribution is 0.182. The van der Waals surface area contributed by atoms with Crippen molar-refractivity contribution in [2.45, 2.75) is 71.3 Å². The second-order valence-electron chi connectivity index (χ2n) is 6.56. The van der Waals surface area contributed by atoms with Crippen molar-refractivity contribution < 1.29 is 0 Å². The molecule has 3 N–H and O–H groups in total. The van der Waals surface area contributed by atoms with Crippen LogP contribution in [0.4, 0.5) is 0 Å². The molecule has 2 nitrogen and oxygen atoms in total. The van der Waals surface area contributed by atoms with Gasteiger partial charge in [-0.1, -0.05) is 39.5 Å². The molecule has 3 atom stereocenters. The van der Waals surface area contributed by atoms with Crippen LogP contribution in [0.2, 0.25) is 0 Å². The Hall–Kier alpha value is -0.0800. The Morgan fingerprint density at radius 2 is 1.71 bits per heavy atom. The highest BCUT2D eigenvalue weighted by molar-refractivity contribution is 4.89. The van der Waals surface area contributed by atoms with Crippen molar-refractivity contribution in [3.05, 3.63) is 0 Å². The van der Waals surface area contributed by atoms with Crippen LogP contribution >= 0.6 is 0 Å². The van der Waals surface area contributed by atoms with E-state index in [0.717, 1.165) is 23.7 Å². The van der Waals surface area contributed by atoms with Crippen LogP contribution in [-0.4, -0.2) is 6.04 Å². The topological polar surface area (TPSA) is 38.0 Å². The molecule has 2 fully saturated rings. The van der Waals surface area contributed by atoms with Crippen molar-refractivity contribution in [1.29, 1.82) is 0 Å². The molecule has 100 valence electrons. The molecule has 2 saturated carbocycles. The molecule has 2 aliphatic rings. The van der Waals surface area contributed by atoms with E-state index in [1.165, 1.54) is 51.4 Å². The smallest absolute Gasteiger partial charge is 0.0267 e. The van der Waals surface area contributed by atoms with Crippen LogP contribution in [0.25, 0.3) is 0 Å². The highest BCUT2D eigenvalue weighted by atomic mass is 15.2. The number of hydrogen-bond donors (Lipinski definition) is 2. The molecule has 2 aliphatic carbocycles. The standard InChI is InChI=1S/C15H30N2/c1-3-12-6-9-14(10-12)15(17-16)13-7-4-11(2)5-8-13/h11-15,17H,3-10,16H2,1-2H3. The van der Waals surface area contributed by atoms with E-state index in [1.807, 2.05) is 0 Å². The lowest BCUT2D eigenvalue weighted by atomic mass is 9.75. The predicted octanol–water partition coefficient (Wildman–Crippen LogP) is 3.47. The molecular weight excluding hydrogens is 208 g/mol. The minimum Gasteiger partial charge on any atom is -0.271 e. The van der Waals surface area contributed by atoms with Gasteiger partial charge in [0.2, 0.25) is 0 Å². The molecule has 0 saturated heterocycles. The highest BCUT2D eigenvalue weighted by Gasteiger charge is 2.35. The molecule has 2 heteroatoms. The quantitative estimate of drug-likeness (QED) is 0.581. The maximum Gasteiger partial charge on any atom is 0.0267 e. The molecule has 17 heavy (non-hydrogen) atoms. The van der Waals surface area contributed by atoms with Gasteiger partial charge < -0.3 is 0 Å². The van der Waals surface area contributed by atoms with E-state index in [-0.39, 0.29) is 0 Å². The van der Waals surface area contributed by atoms with Crippen LogP contribution in [0.15, 0.2) is 0 Å². The first kappa shape index (κ1) is 13.4. The normalized spacial score (nSPS) is 40.4. The summed E-state index contributed by atoms with van der Waals surface area (Å²) >= 11 is 0. The Kier molecular flexibility index (Phi) is 4.87. The van der Waals surface area contributed by atoms with E-state index in [4.69, 9.17) is 5.84 Å². The van der Waals surface area contributed by atoms with Crippen LogP contribution in [0.5, 0.6) is 0 Å². The number of nitrogens with two attached hydrogens (primary N) is 1. The first-order valence-corrected chi connectivity index (χ1v) is 7.70. The average Bonchev–Trinajstić information content (AvgIpc) is 2.81. The van der Waals surface area contributed by atoms with Crippen molar-refractivity contribution in [1.82, 2.24) is 5.43 Å². The number of rotatable bonds is 4. The molecule has 0 bridgehead atoms. The van der Waals surface area contributed by atoms with E-state index in [0.29, 0.717) is 6.04 Å². The van der Waals surface area contributed by atoms with Crippen molar-refractivity contribution in [3.63, 3.8) is 0 Å². The van der Waals surface area contributed by atoms with Gasteiger partial charge in [-0.2, -0.15) is 0 Å². The van der Waals surface area contributed by atoms with Gasteiger partial charge in [0.15, 0.2) is 0 Å². The monoisotopic (exact) mass is 238 g/mol. The third-order valence-electron chi connectivity index (χ3n) is 5.43. The molecule has 0 heterocycles. The third kappa shape index (κ3) is 3.23. The van der Waals surface area contributed by atoms with Crippen molar-refractivity contribution >= 4 is 0 Å². The summed E-state index contributed by atoms with van der Waals surface area (Å²) in [6, 6.07) is 0.596. The van der Waals surface area contributed by atoms with Crippen molar-refractivity contribution in [2.24, 2.45) is 29.5 Å². The van der Waals surface area contributed by atoms with Crippen LogP contribution in [-0.2, 0) is 0 Å². The zero-order valence-corrected chi connectivity index (χ0v) is 11.6. The second-order valence-corrected chi connectivity index (χ2v) is 6.56. The fourth-order valence-corrected chi connectivity index (χ4v) is 4.11. The summed E-state index contributed by atoms with van der Waals surface area (Å²) in [4.78, 5) is 0. The van der Waals surface area contributed by atoms with Gasteiger partial charge in [0.25, 0.3) is 0 Å². The zero-order valence-electron chi connectivity index (χ0n) is 11.6. The molecule has 0 aromatic carbocycles. The van der Waals surface area contributed by atoms with Gasteiger partial charge in [0.05, 0.1) is 0 Å². The van der Waals surface area contributed by atoms with Crippen LogP contribution in [0.1, 0.15) is 65.2 Å². The van der Waals surface area contributed by atoms with E-state index < -0.39 is 0 Å². The minimum absolute atomic E-state index is 0.596. The van der Waals surface area contributed by atoms with Gasteiger partial charge in [-0.3, -0.25) is 11.3 Å². The van der Waals surface area contributed by atoms with Crippen LogP contribution in [0.3, 0.4) is 0 Å². The summed E-state index contributed by atoms with van der Waals surface area (Å²) in [5.74, 6) is 9.46. The fourth-order valence-electron chi connectivity index (χ4n) is 4.11. The molecule has 0 aromatic heterocycles. The minimum atomic E-state index is 0.596. The Morgan fingerprint density at radius 1 is 1.06 bits per heavy atom. The average molecular weight is 238 g/mol. The predicted molar refractivity (Wildman–Crippen MR) is 73.4 cm³/mol. The Balaban J connectivity index is 1.88. The molecule has 0 aromatic rings. The van der Waals surface area contributed by atoms with E-state index in [1.54, 1.807) is 0 Å². The summed E-state index contributed by atoms with van der Waals surface area (Å²) in [5, 5.41) is 0. The van der Waals surface area contributed by atoms with E-state index in [2.05, 4.69) is 19.3 Å². The second kappa shape index (κ2) is 6.19. The zero-order chi connectivity index (χ0) is 12.3. The lowest BCUT2D eigenvalue weighted by Crippen LogP contribution is -2.46. The largest absolute Gasteiger partial charge is 0.271 e.